The summed E-state index contributed by atoms with van der Waals surface area (Å²) in [6.45, 7) is 3.82. The Kier molecular flexibility index (Phi) is 5.79. The maximum absolute atomic E-state index is 12.1. The van der Waals surface area contributed by atoms with Crippen molar-refractivity contribution in [1.82, 2.24) is 9.97 Å². The van der Waals surface area contributed by atoms with Gasteiger partial charge in [0.2, 0.25) is 5.91 Å². The van der Waals surface area contributed by atoms with E-state index in [9.17, 15) is 18.0 Å². The molecule has 0 saturated heterocycles. The average Bonchev–Trinajstić information content (AvgIpc) is 2.54. The van der Waals surface area contributed by atoms with Crippen LogP contribution in [0.1, 0.15) is 24.6 Å². The van der Waals surface area contributed by atoms with Gasteiger partial charge in [-0.2, -0.15) is 0 Å². The van der Waals surface area contributed by atoms with Crippen LogP contribution < -0.4 is 15.4 Å². The zero-order valence-electron chi connectivity index (χ0n) is 13.6. The van der Waals surface area contributed by atoms with Gasteiger partial charge in [0.05, 0.1) is 11.9 Å². The number of nitrogens with one attached hydrogen (secondary N) is 2. The van der Waals surface area contributed by atoms with Crippen molar-refractivity contribution in [2.45, 2.75) is 33.2 Å². The molecule has 25 heavy (non-hydrogen) atoms. The minimum Gasteiger partial charge on any atom is -0.406 e. The highest BCUT2D eigenvalue weighted by molar-refractivity contribution is 5.89. The number of nitrogens with zero attached hydrogens (tertiary/aromatic N) is 2. The Morgan fingerprint density at radius 2 is 1.92 bits per heavy atom. The summed E-state index contributed by atoms with van der Waals surface area (Å²) in [7, 11) is 0. The fraction of sp³-hybridized carbons (Fsp3) is 0.312. The Balaban J connectivity index is 1.95. The number of anilines is 2. The van der Waals surface area contributed by atoms with Crippen molar-refractivity contribution >= 4 is 17.5 Å². The molecule has 9 heteroatoms. The number of hydrogen-bond donors (Lipinski definition) is 2. The minimum absolute atomic E-state index is 0.157. The summed E-state index contributed by atoms with van der Waals surface area (Å²) >= 11 is 0. The number of alkyl halides is 3. The molecule has 2 rings (SSSR count). The average molecular weight is 354 g/mol. The zero-order valence-corrected chi connectivity index (χ0v) is 13.6. The van der Waals surface area contributed by atoms with Gasteiger partial charge in [-0.15, -0.1) is 13.2 Å². The molecule has 1 heterocycles. The second-order valence-electron chi connectivity index (χ2n) is 5.14. The smallest absolute Gasteiger partial charge is 0.406 e. The van der Waals surface area contributed by atoms with Crippen molar-refractivity contribution in [3.05, 3.63) is 41.7 Å². The number of aromatic nitrogens is 2. The number of aryl methyl sites for hydroxylation is 1. The summed E-state index contributed by atoms with van der Waals surface area (Å²) < 4.78 is 40.2. The first-order valence-corrected chi connectivity index (χ1v) is 7.49. The van der Waals surface area contributed by atoms with Crippen molar-refractivity contribution in [2.24, 2.45) is 0 Å². The molecule has 0 aliphatic heterocycles. The lowest BCUT2D eigenvalue weighted by molar-refractivity contribution is -0.274. The van der Waals surface area contributed by atoms with E-state index < -0.39 is 6.36 Å². The molecule has 2 N–H and O–H groups in total. The van der Waals surface area contributed by atoms with Crippen LogP contribution >= 0.6 is 0 Å². The molecule has 1 aromatic heterocycles. The van der Waals surface area contributed by atoms with Gasteiger partial charge >= 0.3 is 6.36 Å². The van der Waals surface area contributed by atoms with Gasteiger partial charge in [-0.3, -0.25) is 4.79 Å². The summed E-state index contributed by atoms with van der Waals surface area (Å²) in [5.41, 5.74) is 1.34. The number of carbonyl (C=O) groups is 1. The molecular weight excluding hydrogens is 337 g/mol. The number of halogens is 3. The van der Waals surface area contributed by atoms with Crippen LogP contribution in [0.25, 0.3) is 0 Å². The van der Waals surface area contributed by atoms with Gasteiger partial charge in [0.25, 0.3) is 0 Å². The third-order valence-electron chi connectivity index (χ3n) is 3.15. The summed E-state index contributed by atoms with van der Waals surface area (Å²) in [4.78, 5) is 19.7. The SMILES string of the molecule is CCC(=O)Nc1cnc(NCc2ccc(OC(F)(F)F)cc2)c(C)n1. The first kappa shape index (κ1) is 18.5. The number of benzene rings is 1. The second kappa shape index (κ2) is 7.82. The number of hydrogen-bond acceptors (Lipinski definition) is 5. The van der Waals surface area contributed by atoms with Crippen LogP contribution in [-0.2, 0) is 11.3 Å². The zero-order chi connectivity index (χ0) is 18.4. The molecule has 2 aromatic rings. The number of carbonyl (C=O) groups excluding carboxylic acids is 1. The molecule has 0 saturated carbocycles. The quantitative estimate of drug-likeness (QED) is 0.828. The predicted octanol–water partition coefficient (Wildman–Crippen LogP) is 3.64. The second-order valence-corrected chi connectivity index (χ2v) is 5.14. The van der Waals surface area contributed by atoms with Gasteiger partial charge in [-0.25, -0.2) is 9.97 Å². The van der Waals surface area contributed by atoms with Crippen molar-refractivity contribution < 1.29 is 22.7 Å². The molecule has 6 nitrogen and oxygen atoms in total. The van der Waals surface area contributed by atoms with Crippen molar-refractivity contribution in [3.63, 3.8) is 0 Å². The molecule has 0 atom stereocenters. The van der Waals surface area contributed by atoms with E-state index in [0.717, 1.165) is 5.56 Å². The van der Waals surface area contributed by atoms with E-state index in [4.69, 9.17) is 0 Å². The number of amides is 1. The number of rotatable bonds is 6. The highest BCUT2D eigenvalue weighted by Gasteiger charge is 2.30. The van der Waals surface area contributed by atoms with Crippen LogP contribution in [0.5, 0.6) is 5.75 Å². The van der Waals surface area contributed by atoms with Crippen LogP contribution in [0.2, 0.25) is 0 Å². The van der Waals surface area contributed by atoms with E-state index in [1.165, 1.54) is 30.5 Å². The van der Waals surface area contributed by atoms with Crippen LogP contribution in [0.15, 0.2) is 30.5 Å². The standard InChI is InChI=1S/C16H17F3N4O2/c1-3-14(24)23-13-9-21-15(10(2)22-13)20-8-11-4-6-12(7-5-11)25-16(17,18)19/h4-7,9H,3,8H2,1-2H3,(H,20,21)(H,22,23,24). The normalized spacial score (nSPS) is 11.1. The fourth-order valence-corrected chi connectivity index (χ4v) is 1.94. The van der Waals surface area contributed by atoms with E-state index in [-0.39, 0.29) is 11.7 Å². The topological polar surface area (TPSA) is 76.1 Å². The molecule has 1 aromatic carbocycles. The highest BCUT2D eigenvalue weighted by Crippen LogP contribution is 2.23. The predicted molar refractivity (Wildman–Crippen MR) is 86.1 cm³/mol. The van der Waals surface area contributed by atoms with E-state index >= 15 is 0 Å². The largest absolute Gasteiger partial charge is 0.573 e. The van der Waals surface area contributed by atoms with Gasteiger partial charge < -0.3 is 15.4 Å². The Labute approximate surface area is 142 Å². The third-order valence-corrected chi connectivity index (χ3v) is 3.15. The number of ether oxygens (including phenoxy) is 1. The molecule has 0 unspecified atom stereocenters. The van der Waals surface area contributed by atoms with Crippen LogP contribution in [0.3, 0.4) is 0 Å². The lowest BCUT2D eigenvalue weighted by Crippen LogP contribution is -2.17. The Morgan fingerprint density at radius 3 is 2.48 bits per heavy atom. The Morgan fingerprint density at radius 1 is 1.24 bits per heavy atom. The van der Waals surface area contributed by atoms with E-state index in [2.05, 4.69) is 25.3 Å². The molecule has 0 aliphatic carbocycles. The summed E-state index contributed by atoms with van der Waals surface area (Å²) in [6.07, 6.45) is -2.93. The summed E-state index contributed by atoms with van der Waals surface area (Å²) in [5.74, 6) is 0.451. The van der Waals surface area contributed by atoms with Crippen molar-refractivity contribution in [3.8, 4) is 5.75 Å². The highest BCUT2D eigenvalue weighted by atomic mass is 19.4. The van der Waals surface area contributed by atoms with Crippen molar-refractivity contribution in [1.29, 1.82) is 0 Å². The monoisotopic (exact) mass is 354 g/mol. The maximum Gasteiger partial charge on any atom is 0.573 e. The minimum atomic E-state index is -4.71. The molecule has 0 bridgehead atoms. The molecule has 0 aliphatic rings. The van der Waals surface area contributed by atoms with E-state index in [1.807, 2.05) is 0 Å². The molecular formula is C16H17F3N4O2. The maximum atomic E-state index is 12.1. The van der Waals surface area contributed by atoms with Gasteiger partial charge in [0, 0.05) is 13.0 Å². The first-order chi connectivity index (χ1) is 11.8. The lowest BCUT2D eigenvalue weighted by atomic mass is 10.2. The van der Waals surface area contributed by atoms with Gasteiger partial charge in [0.15, 0.2) is 5.82 Å². The van der Waals surface area contributed by atoms with Crippen molar-refractivity contribution in [2.75, 3.05) is 10.6 Å². The van der Waals surface area contributed by atoms with Crippen LogP contribution in [0.4, 0.5) is 24.8 Å². The summed E-state index contributed by atoms with van der Waals surface area (Å²) in [6, 6.07) is 5.53. The fourth-order valence-electron chi connectivity index (χ4n) is 1.94. The molecule has 0 radical (unpaired) electrons. The lowest BCUT2D eigenvalue weighted by Gasteiger charge is -2.11. The summed E-state index contributed by atoms with van der Waals surface area (Å²) in [5, 5.41) is 5.65. The molecule has 134 valence electrons. The van der Waals surface area contributed by atoms with Crippen LogP contribution in [-0.4, -0.2) is 22.2 Å². The van der Waals surface area contributed by atoms with Crippen LogP contribution in [0, 0.1) is 6.92 Å². The van der Waals surface area contributed by atoms with E-state index in [1.54, 1.807) is 13.8 Å². The third kappa shape index (κ3) is 5.94. The molecule has 1 amide bonds. The van der Waals surface area contributed by atoms with Gasteiger partial charge in [-0.05, 0) is 24.6 Å². The van der Waals surface area contributed by atoms with E-state index in [0.29, 0.717) is 30.3 Å². The Bertz CT molecular complexity index is 733. The van der Waals surface area contributed by atoms with Gasteiger partial charge in [-0.1, -0.05) is 19.1 Å². The molecule has 0 spiro atoms. The van der Waals surface area contributed by atoms with Gasteiger partial charge in [0.1, 0.15) is 11.6 Å². The molecule has 0 fully saturated rings. The Hall–Kier alpha value is -2.84. The first-order valence-electron chi connectivity index (χ1n) is 7.49.